The highest BCUT2D eigenvalue weighted by Gasteiger charge is 2.55. The summed E-state index contributed by atoms with van der Waals surface area (Å²) in [5.41, 5.74) is 2.99. The molecule has 2 saturated carbocycles. The van der Waals surface area contributed by atoms with Gasteiger partial charge in [0.15, 0.2) is 0 Å². The molecule has 2 aromatic carbocycles. The zero-order valence-electron chi connectivity index (χ0n) is 14.7. The molecule has 25 heavy (non-hydrogen) atoms. The molecular weight excluding hydrogens is 310 g/mol. The molecule has 0 aliphatic heterocycles. The Morgan fingerprint density at radius 2 is 1.48 bits per heavy atom. The van der Waals surface area contributed by atoms with Crippen molar-refractivity contribution in [2.75, 3.05) is 7.11 Å². The van der Waals surface area contributed by atoms with Gasteiger partial charge in [-0.2, -0.15) is 0 Å². The van der Waals surface area contributed by atoms with Crippen LogP contribution in [0, 0.1) is 11.3 Å². The molecule has 0 aromatic heterocycles. The van der Waals surface area contributed by atoms with Gasteiger partial charge < -0.3 is 10.1 Å². The van der Waals surface area contributed by atoms with Crippen molar-refractivity contribution in [3.05, 3.63) is 71.8 Å². The normalized spacial score (nSPS) is 27.6. The van der Waals surface area contributed by atoms with Crippen LogP contribution in [0.25, 0.3) is 0 Å². The van der Waals surface area contributed by atoms with Gasteiger partial charge in [0.25, 0.3) is 0 Å². The second kappa shape index (κ2) is 6.64. The van der Waals surface area contributed by atoms with E-state index < -0.39 is 0 Å². The molecule has 0 amide bonds. The summed E-state index contributed by atoms with van der Waals surface area (Å²) in [5.74, 6) is 0.0958. The van der Waals surface area contributed by atoms with Gasteiger partial charge in [-0.3, -0.25) is 4.79 Å². The topological polar surface area (TPSA) is 38.3 Å². The predicted molar refractivity (Wildman–Crippen MR) is 98.1 cm³/mol. The third-order valence-corrected chi connectivity index (χ3v) is 5.92. The smallest absolute Gasteiger partial charge is 0.308 e. The van der Waals surface area contributed by atoms with Gasteiger partial charge in [-0.1, -0.05) is 60.7 Å². The Hall–Kier alpha value is -2.13. The van der Waals surface area contributed by atoms with Crippen LogP contribution in [-0.2, 0) is 9.53 Å². The Balaban J connectivity index is 1.41. The van der Waals surface area contributed by atoms with Crippen molar-refractivity contribution in [2.24, 2.45) is 11.3 Å². The number of hydrogen-bond acceptors (Lipinski definition) is 3. The Morgan fingerprint density at radius 1 is 0.960 bits per heavy atom. The van der Waals surface area contributed by atoms with Gasteiger partial charge >= 0.3 is 5.97 Å². The molecule has 2 aromatic rings. The molecule has 0 heterocycles. The average Bonchev–Trinajstić information content (AvgIpc) is 2.60. The summed E-state index contributed by atoms with van der Waals surface area (Å²) in [4.78, 5) is 11.6. The second-order valence-corrected chi connectivity index (χ2v) is 7.65. The maximum absolute atomic E-state index is 11.6. The van der Waals surface area contributed by atoms with Crippen LogP contribution in [0.3, 0.4) is 0 Å². The lowest BCUT2D eigenvalue weighted by Gasteiger charge is -2.57. The number of carbonyl (C=O) groups is 1. The summed E-state index contributed by atoms with van der Waals surface area (Å²) in [7, 11) is 1.49. The molecule has 0 radical (unpaired) electrons. The highest BCUT2D eigenvalue weighted by molar-refractivity contribution is 5.73. The fourth-order valence-corrected chi connectivity index (χ4v) is 4.67. The molecule has 2 aliphatic rings. The first kappa shape index (κ1) is 16.3. The first-order valence-electron chi connectivity index (χ1n) is 9.13. The van der Waals surface area contributed by atoms with Gasteiger partial charge in [-0.15, -0.1) is 0 Å². The number of carbonyl (C=O) groups excluding carboxylic acids is 1. The van der Waals surface area contributed by atoms with Crippen molar-refractivity contribution in [3.63, 3.8) is 0 Å². The maximum atomic E-state index is 11.6. The summed E-state index contributed by atoms with van der Waals surface area (Å²) in [6, 6.07) is 22.0. The lowest BCUT2D eigenvalue weighted by atomic mass is 9.50. The van der Waals surface area contributed by atoms with Crippen molar-refractivity contribution in [1.82, 2.24) is 5.32 Å². The molecule has 0 unspecified atom stereocenters. The lowest BCUT2D eigenvalue weighted by Crippen LogP contribution is -2.57. The van der Waals surface area contributed by atoms with Gasteiger partial charge in [0, 0.05) is 6.04 Å². The van der Waals surface area contributed by atoms with E-state index in [1.165, 1.54) is 18.2 Å². The number of nitrogens with one attached hydrogen (secondary N) is 1. The fourth-order valence-electron chi connectivity index (χ4n) is 4.67. The van der Waals surface area contributed by atoms with E-state index in [1.54, 1.807) is 0 Å². The molecule has 4 rings (SSSR count). The van der Waals surface area contributed by atoms with E-state index in [9.17, 15) is 4.79 Å². The monoisotopic (exact) mass is 335 g/mol. The summed E-state index contributed by atoms with van der Waals surface area (Å²) in [6.07, 6.45) is 4.33. The van der Waals surface area contributed by atoms with Crippen LogP contribution in [0.1, 0.15) is 42.9 Å². The van der Waals surface area contributed by atoms with Crippen LogP contribution >= 0.6 is 0 Å². The SMILES string of the molecule is COC(=O)C1CC2(CC(NC(c3ccccc3)c3ccccc3)C2)C1. The van der Waals surface area contributed by atoms with Gasteiger partial charge in [0.2, 0.25) is 0 Å². The number of hydrogen-bond donors (Lipinski definition) is 1. The second-order valence-electron chi connectivity index (χ2n) is 7.65. The Kier molecular flexibility index (Phi) is 4.34. The molecule has 0 bridgehead atoms. The molecule has 130 valence electrons. The van der Waals surface area contributed by atoms with Crippen molar-refractivity contribution >= 4 is 5.97 Å². The molecule has 0 atom stereocenters. The van der Waals surface area contributed by atoms with E-state index in [-0.39, 0.29) is 17.9 Å². The van der Waals surface area contributed by atoms with Crippen molar-refractivity contribution in [1.29, 1.82) is 0 Å². The van der Waals surface area contributed by atoms with E-state index in [1.807, 2.05) is 0 Å². The van der Waals surface area contributed by atoms with E-state index in [4.69, 9.17) is 4.74 Å². The van der Waals surface area contributed by atoms with E-state index in [2.05, 4.69) is 66.0 Å². The van der Waals surface area contributed by atoms with Gasteiger partial charge in [-0.05, 0) is 42.2 Å². The van der Waals surface area contributed by atoms with Crippen LogP contribution < -0.4 is 5.32 Å². The van der Waals surface area contributed by atoms with Crippen molar-refractivity contribution in [2.45, 2.75) is 37.8 Å². The quantitative estimate of drug-likeness (QED) is 0.836. The number of benzene rings is 2. The third-order valence-electron chi connectivity index (χ3n) is 5.92. The number of rotatable bonds is 5. The minimum Gasteiger partial charge on any atom is -0.469 e. The largest absolute Gasteiger partial charge is 0.469 e. The van der Waals surface area contributed by atoms with Crippen molar-refractivity contribution < 1.29 is 9.53 Å². The van der Waals surface area contributed by atoms with Gasteiger partial charge in [-0.25, -0.2) is 0 Å². The van der Waals surface area contributed by atoms with Crippen LogP contribution in [0.4, 0.5) is 0 Å². The highest BCUT2D eigenvalue weighted by Crippen LogP contribution is 2.59. The zero-order valence-corrected chi connectivity index (χ0v) is 14.7. The minimum atomic E-state index is -0.0338. The third kappa shape index (κ3) is 3.21. The van der Waals surface area contributed by atoms with E-state index in [0.29, 0.717) is 11.5 Å². The summed E-state index contributed by atoms with van der Waals surface area (Å²) < 4.78 is 4.87. The maximum Gasteiger partial charge on any atom is 0.308 e. The van der Waals surface area contributed by atoms with Crippen LogP contribution in [0.2, 0.25) is 0 Å². The Bertz CT molecular complexity index is 675. The number of ether oxygens (including phenoxy) is 1. The lowest BCUT2D eigenvalue weighted by molar-refractivity contribution is -0.159. The summed E-state index contributed by atoms with van der Waals surface area (Å²) in [6.45, 7) is 0. The molecule has 2 aliphatic carbocycles. The molecule has 1 N–H and O–H groups in total. The van der Waals surface area contributed by atoms with Gasteiger partial charge in [0.1, 0.15) is 0 Å². The minimum absolute atomic E-state index is 0.0338. The van der Waals surface area contributed by atoms with Crippen molar-refractivity contribution in [3.8, 4) is 0 Å². The number of esters is 1. The predicted octanol–water partition coefficient (Wildman–Crippen LogP) is 4.10. The molecule has 0 saturated heterocycles. The highest BCUT2D eigenvalue weighted by atomic mass is 16.5. The molecule has 3 heteroatoms. The van der Waals surface area contributed by atoms with Gasteiger partial charge in [0.05, 0.1) is 19.1 Å². The van der Waals surface area contributed by atoms with E-state index >= 15 is 0 Å². The Morgan fingerprint density at radius 3 is 1.96 bits per heavy atom. The van der Waals surface area contributed by atoms with Crippen LogP contribution in [0.15, 0.2) is 60.7 Å². The van der Waals surface area contributed by atoms with Crippen LogP contribution in [0.5, 0.6) is 0 Å². The molecule has 1 spiro atoms. The average molecular weight is 335 g/mol. The number of methoxy groups -OCH3 is 1. The van der Waals surface area contributed by atoms with Crippen LogP contribution in [-0.4, -0.2) is 19.1 Å². The zero-order chi connectivity index (χ0) is 17.3. The fraction of sp³-hybridized carbons (Fsp3) is 0.409. The molecular formula is C22H25NO2. The van der Waals surface area contributed by atoms with E-state index in [0.717, 1.165) is 25.7 Å². The first-order chi connectivity index (χ1) is 12.2. The summed E-state index contributed by atoms with van der Waals surface area (Å²) >= 11 is 0. The summed E-state index contributed by atoms with van der Waals surface area (Å²) in [5, 5.41) is 3.85. The molecule has 2 fully saturated rings. The molecule has 3 nitrogen and oxygen atoms in total. The Labute approximate surface area is 149 Å². The standard InChI is InChI=1S/C22H25NO2/c1-25-21(24)18-12-22(13-18)14-19(15-22)23-20(16-8-4-2-5-9-16)17-10-6-3-7-11-17/h2-11,18-20,23H,12-15H2,1H3. The first-order valence-corrected chi connectivity index (χ1v) is 9.13.